The average molecular weight is 232 g/mol. The first-order valence-corrected chi connectivity index (χ1v) is 6.22. The molecule has 2 rings (SSSR count). The van der Waals surface area contributed by atoms with E-state index < -0.39 is 0 Å². The number of fused-ring (bicyclic) bond motifs is 1. The largest absolute Gasteiger partial charge is 0.387 e. The van der Waals surface area contributed by atoms with Gasteiger partial charge in [0.2, 0.25) is 0 Å². The smallest absolute Gasteiger partial charge is 0.0957 e. The zero-order valence-electron chi connectivity index (χ0n) is 10.3. The van der Waals surface area contributed by atoms with Crippen molar-refractivity contribution in [1.82, 2.24) is 0 Å². The van der Waals surface area contributed by atoms with Crippen LogP contribution in [0.3, 0.4) is 0 Å². The van der Waals surface area contributed by atoms with Gasteiger partial charge in [-0.05, 0) is 30.4 Å². The summed E-state index contributed by atoms with van der Waals surface area (Å²) in [5, 5.41) is 7.36. The maximum absolute atomic E-state index is 7.36. The third-order valence-electron chi connectivity index (χ3n) is 3.39. The molecule has 1 aromatic carbocycles. The number of nitrogens with two attached hydrogens (primary N) is 1. The molecule has 2 atom stereocenters. The summed E-state index contributed by atoms with van der Waals surface area (Å²) in [6, 6.07) is 8.48. The Kier molecular flexibility index (Phi) is 3.79. The van der Waals surface area contributed by atoms with Crippen molar-refractivity contribution in [3.05, 3.63) is 35.4 Å². The lowest BCUT2D eigenvalue weighted by Crippen LogP contribution is -2.25. The molecule has 0 aliphatic heterocycles. The fraction of sp³-hybridized carbons (Fsp3) is 0.500. The van der Waals surface area contributed by atoms with Crippen LogP contribution in [0.4, 0.5) is 0 Å². The Morgan fingerprint density at radius 3 is 3.06 bits per heavy atom. The molecule has 3 heteroatoms. The molecule has 3 N–H and O–H groups in total. The van der Waals surface area contributed by atoms with Crippen molar-refractivity contribution in [2.45, 2.75) is 32.3 Å². The molecule has 0 heterocycles. The maximum atomic E-state index is 7.36. The minimum Gasteiger partial charge on any atom is -0.387 e. The Balaban J connectivity index is 2.01. The lowest BCUT2D eigenvalue weighted by atomic mass is 9.89. The van der Waals surface area contributed by atoms with Crippen LogP contribution in [0.15, 0.2) is 24.3 Å². The summed E-state index contributed by atoms with van der Waals surface area (Å²) in [5.74, 6) is 0.207. The van der Waals surface area contributed by atoms with Crippen molar-refractivity contribution in [3.8, 4) is 0 Å². The van der Waals surface area contributed by atoms with Crippen LogP contribution in [0.5, 0.6) is 0 Å². The highest BCUT2D eigenvalue weighted by Crippen LogP contribution is 2.32. The first kappa shape index (κ1) is 12.1. The van der Waals surface area contributed by atoms with Crippen molar-refractivity contribution < 1.29 is 4.74 Å². The van der Waals surface area contributed by atoms with Crippen molar-refractivity contribution in [2.24, 2.45) is 11.7 Å². The second-order valence-corrected chi connectivity index (χ2v) is 4.77. The molecule has 1 aliphatic carbocycles. The molecule has 0 bridgehead atoms. The molecule has 0 amide bonds. The molecule has 0 saturated heterocycles. The van der Waals surface area contributed by atoms with E-state index in [-0.39, 0.29) is 17.9 Å². The van der Waals surface area contributed by atoms with E-state index in [1.807, 2.05) is 6.92 Å². The molecule has 0 aromatic heterocycles. The third kappa shape index (κ3) is 2.86. The van der Waals surface area contributed by atoms with Gasteiger partial charge in [-0.1, -0.05) is 31.2 Å². The minimum atomic E-state index is 0.00379. The maximum Gasteiger partial charge on any atom is 0.0957 e. The van der Waals surface area contributed by atoms with Crippen molar-refractivity contribution >= 4 is 5.84 Å². The zero-order valence-corrected chi connectivity index (χ0v) is 10.3. The number of hydrogen-bond acceptors (Lipinski definition) is 2. The van der Waals surface area contributed by atoms with Crippen LogP contribution in [0, 0.1) is 11.3 Å². The van der Waals surface area contributed by atoms with Crippen LogP contribution in [-0.2, 0) is 11.2 Å². The van der Waals surface area contributed by atoms with Gasteiger partial charge in [0.05, 0.1) is 18.5 Å². The predicted molar refractivity (Wildman–Crippen MR) is 69.2 cm³/mol. The Morgan fingerprint density at radius 1 is 1.53 bits per heavy atom. The molecule has 2 unspecified atom stereocenters. The van der Waals surface area contributed by atoms with Crippen LogP contribution in [0.25, 0.3) is 0 Å². The summed E-state index contributed by atoms with van der Waals surface area (Å²) in [6.45, 7) is 2.46. The SMILES string of the molecule is CC(COC1CCCc2ccccc21)C(=N)N. The number of hydrogen-bond donors (Lipinski definition) is 2. The van der Waals surface area contributed by atoms with Crippen molar-refractivity contribution in [2.75, 3.05) is 6.61 Å². The monoisotopic (exact) mass is 232 g/mol. The van der Waals surface area contributed by atoms with Gasteiger partial charge in [0, 0.05) is 5.92 Å². The molecule has 92 valence electrons. The average Bonchev–Trinajstić information content (AvgIpc) is 2.35. The molecule has 0 spiro atoms. The second kappa shape index (κ2) is 5.32. The van der Waals surface area contributed by atoms with Crippen LogP contribution in [0.1, 0.15) is 37.0 Å². The Morgan fingerprint density at radius 2 is 2.29 bits per heavy atom. The Labute approximate surface area is 102 Å². The standard InChI is InChI=1S/C14H20N2O/c1-10(14(15)16)9-17-13-8-4-6-11-5-2-3-7-12(11)13/h2-3,5,7,10,13H,4,6,8-9H2,1H3,(H3,15,16). The van der Waals surface area contributed by atoms with Crippen LogP contribution < -0.4 is 5.73 Å². The van der Waals surface area contributed by atoms with Crippen LogP contribution in [-0.4, -0.2) is 12.4 Å². The summed E-state index contributed by atoms with van der Waals surface area (Å²) in [4.78, 5) is 0. The number of benzene rings is 1. The normalized spacial score (nSPS) is 20.6. The first-order valence-electron chi connectivity index (χ1n) is 6.22. The molecule has 1 aliphatic rings. The van der Waals surface area contributed by atoms with Crippen LogP contribution >= 0.6 is 0 Å². The molecule has 0 saturated carbocycles. The molecular weight excluding hydrogens is 212 g/mol. The fourth-order valence-electron chi connectivity index (χ4n) is 2.23. The fourth-order valence-corrected chi connectivity index (χ4v) is 2.23. The van der Waals surface area contributed by atoms with Gasteiger partial charge >= 0.3 is 0 Å². The topological polar surface area (TPSA) is 59.1 Å². The van der Waals surface area contributed by atoms with E-state index in [2.05, 4.69) is 24.3 Å². The Bertz CT molecular complexity index is 403. The van der Waals surface area contributed by atoms with Gasteiger partial charge in [-0.15, -0.1) is 0 Å². The van der Waals surface area contributed by atoms with E-state index in [0.717, 1.165) is 12.8 Å². The molecule has 3 nitrogen and oxygen atoms in total. The third-order valence-corrected chi connectivity index (χ3v) is 3.39. The molecule has 0 radical (unpaired) electrons. The molecule has 17 heavy (non-hydrogen) atoms. The van der Waals surface area contributed by atoms with E-state index in [4.69, 9.17) is 15.9 Å². The van der Waals surface area contributed by atoms with Gasteiger partial charge in [0.25, 0.3) is 0 Å². The quantitative estimate of drug-likeness (QED) is 0.619. The summed E-state index contributed by atoms with van der Waals surface area (Å²) < 4.78 is 5.91. The Hall–Kier alpha value is -1.35. The van der Waals surface area contributed by atoms with Gasteiger partial charge in [-0.3, -0.25) is 5.41 Å². The molecule has 0 fully saturated rings. The highest BCUT2D eigenvalue weighted by molar-refractivity contribution is 5.79. The van der Waals surface area contributed by atoms with E-state index in [1.54, 1.807) is 0 Å². The number of rotatable bonds is 4. The zero-order chi connectivity index (χ0) is 12.3. The van der Waals surface area contributed by atoms with Gasteiger partial charge < -0.3 is 10.5 Å². The number of amidine groups is 1. The summed E-state index contributed by atoms with van der Waals surface area (Å²) in [6.07, 6.45) is 3.58. The van der Waals surface area contributed by atoms with Crippen molar-refractivity contribution in [1.29, 1.82) is 5.41 Å². The van der Waals surface area contributed by atoms with E-state index in [1.165, 1.54) is 17.5 Å². The summed E-state index contributed by atoms with van der Waals surface area (Å²) in [5.41, 5.74) is 8.17. The number of nitrogens with one attached hydrogen (secondary N) is 1. The first-order chi connectivity index (χ1) is 8.18. The molecule has 1 aromatic rings. The molecular formula is C14H20N2O. The van der Waals surface area contributed by atoms with E-state index >= 15 is 0 Å². The number of ether oxygens (including phenoxy) is 1. The number of aryl methyl sites for hydroxylation is 1. The second-order valence-electron chi connectivity index (χ2n) is 4.77. The van der Waals surface area contributed by atoms with Crippen LogP contribution in [0.2, 0.25) is 0 Å². The lowest BCUT2D eigenvalue weighted by molar-refractivity contribution is 0.0315. The van der Waals surface area contributed by atoms with E-state index in [9.17, 15) is 0 Å². The summed E-state index contributed by atoms with van der Waals surface area (Å²) >= 11 is 0. The summed E-state index contributed by atoms with van der Waals surface area (Å²) in [7, 11) is 0. The highest BCUT2D eigenvalue weighted by Gasteiger charge is 2.21. The van der Waals surface area contributed by atoms with Gasteiger partial charge in [-0.25, -0.2) is 0 Å². The van der Waals surface area contributed by atoms with Crippen molar-refractivity contribution in [3.63, 3.8) is 0 Å². The van der Waals surface area contributed by atoms with Gasteiger partial charge in [0.15, 0.2) is 0 Å². The lowest BCUT2D eigenvalue weighted by Gasteiger charge is -2.26. The van der Waals surface area contributed by atoms with Gasteiger partial charge in [-0.2, -0.15) is 0 Å². The van der Waals surface area contributed by atoms with E-state index in [0.29, 0.717) is 6.61 Å². The van der Waals surface area contributed by atoms with Gasteiger partial charge in [0.1, 0.15) is 0 Å². The minimum absolute atomic E-state index is 0.00379. The highest BCUT2D eigenvalue weighted by atomic mass is 16.5. The predicted octanol–water partition coefficient (Wildman–Crippen LogP) is 2.65.